The Morgan fingerprint density at radius 1 is 1.25 bits per heavy atom. The highest BCUT2D eigenvalue weighted by atomic mass is 35.5. The summed E-state index contributed by atoms with van der Waals surface area (Å²) in [6, 6.07) is 11.8. The van der Waals surface area contributed by atoms with Crippen LogP contribution in [0.25, 0.3) is 22.4 Å². The Morgan fingerprint density at radius 3 is 2.75 bits per heavy atom. The Balaban J connectivity index is 2.30. The van der Waals surface area contributed by atoms with Crippen LogP contribution in [-0.2, 0) is 6.54 Å². The zero-order chi connectivity index (χ0) is 14.3. The van der Waals surface area contributed by atoms with Crippen LogP contribution in [0.1, 0.15) is 12.5 Å². The lowest BCUT2D eigenvalue weighted by Crippen LogP contribution is -1.99. The first-order valence-corrected chi connectivity index (χ1v) is 7.01. The molecule has 0 saturated heterocycles. The number of hydrogen-bond acceptors (Lipinski definition) is 2. The summed E-state index contributed by atoms with van der Waals surface area (Å²) in [6.07, 6.45) is 0. The van der Waals surface area contributed by atoms with E-state index in [-0.39, 0.29) is 0 Å². The van der Waals surface area contributed by atoms with Crippen molar-refractivity contribution in [2.75, 3.05) is 5.73 Å². The van der Waals surface area contributed by atoms with Crippen molar-refractivity contribution >= 4 is 28.3 Å². The number of para-hydroxylation sites is 1. The van der Waals surface area contributed by atoms with Gasteiger partial charge in [0.15, 0.2) is 0 Å². The summed E-state index contributed by atoms with van der Waals surface area (Å²) < 4.78 is 2.14. The number of anilines is 1. The van der Waals surface area contributed by atoms with Gasteiger partial charge in [-0.3, -0.25) is 0 Å². The second kappa shape index (κ2) is 4.84. The molecule has 0 aliphatic heterocycles. The monoisotopic (exact) mass is 285 g/mol. The minimum absolute atomic E-state index is 0.732. The highest BCUT2D eigenvalue weighted by Crippen LogP contribution is 2.30. The van der Waals surface area contributed by atoms with Crippen LogP contribution < -0.4 is 5.73 Å². The van der Waals surface area contributed by atoms with Crippen molar-refractivity contribution in [2.45, 2.75) is 20.4 Å². The van der Waals surface area contributed by atoms with Crippen LogP contribution in [0.5, 0.6) is 0 Å². The number of imidazole rings is 1. The number of benzene rings is 2. The predicted octanol–water partition coefficient (Wildman–Crippen LogP) is 4.27. The third kappa shape index (κ3) is 1.95. The quantitative estimate of drug-likeness (QED) is 0.715. The molecule has 102 valence electrons. The van der Waals surface area contributed by atoms with Gasteiger partial charge >= 0.3 is 0 Å². The average molecular weight is 286 g/mol. The summed E-state index contributed by atoms with van der Waals surface area (Å²) in [4.78, 5) is 4.72. The van der Waals surface area contributed by atoms with Gasteiger partial charge in [-0.15, -0.1) is 0 Å². The second-order valence-corrected chi connectivity index (χ2v) is 5.27. The maximum absolute atomic E-state index is 6.32. The molecule has 0 saturated carbocycles. The molecular weight excluding hydrogens is 270 g/mol. The average Bonchev–Trinajstić information content (AvgIpc) is 2.82. The zero-order valence-electron chi connectivity index (χ0n) is 11.5. The van der Waals surface area contributed by atoms with E-state index in [2.05, 4.69) is 17.6 Å². The van der Waals surface area contributed by atoms with E-state index in [1.165, 1.54) is 0 Å². The van der Waals surface area contributed by atoms with Crippen molar-refractivity contribution in [3.05, 3.63) is 47.0 Å². The molecule has 0 unspecified atom stereocenters. The lowest BCUT2D eigenvalue weighted by atomic mass is 10.1. The van der Waals surface area contributed by atoms with Crippen LogP contribution in [0.2, 0.25) is 5.02 Å². The Bertz CT molecular complexity index is 790. The van der Waals surface area contributed by atoms with E-state index in [9.17, 15) is 0 Å². The zero-order valence-corrected chi connectivity index (χ0v) is 12.3. The van der Waals surface area contributed by atoms with E-state index in [0.717, 1.165) is 45.2 Å². The summed E-state index contributed by atoms with van der Waals surface area (Å²) in [5.41, 5.74) is 10.7. The van der Waals surface area contributed by atoms with Crippen molar-refractivity contribution in [2.24, 2.45) is 0 Å². The summed E-state index contributed by atoms with van der Waals surface area (Å²) in [7, 11) is 0. The maximum Gasteiger partial charge on any atom is 0.141 e. The summed E-state index contributed by atoms with van der Waals surface area (Å²) >= 11 is 6.32. The summed E-state index contributed by atoms with van der Waals surface area (Å²) in [5, 5.41) is 0.732. The van der Waals surface area contributed by atoms with E-state index in [4.69, 9.17) is 22.3 Å². The van der Waals surface area contributed by atoms with Crippen LogP contribution in [-0.4, -0.2) is 9.55 Å². The predicted molar refractivity (Wildman–Crippen MR) is 85.0 cm³/mol. The van der Waals surface area contributed by atoms with Crippen molar-refractivity contribution in [3.8, 4) is 11.4 Å². The number of nitrogen functional groups attached to an aromatic ring is 1. The van der Waals surface area contributed by atoms with Gasteiger partial charge in [-0.05, 0) is 49.7 Å². The highest BCUT2D eigenvalue weighted by Gasteiger charge is 2.14. The van der Waals surface area contributed by atoms with Crippen molar-refractivity contribution in [3.63, 3.8) is 0 Å². The normalized spacial score (nSPS) is 11.2. The van der Waals surface area contributed by atoms with E-state index in [1.54, 1.807) is 0 Å². The van der Waals surface area contributed by atoms with Crippen molar-refractivity contribution in [1.82, 2.24) is 9.55 Å². The molecule has 0 aliphatic carbocycles. The Morgan fingerprint density at radius 2 is 2.05 bits per heavy atom. The maximum atomic E-state index is 6.32. The fourth-order valence-electron chi connectivity index (χ4n) is 2.48. The van der Waals surface area contributed by atoms with E-state index < -0.39 is 0 Å². The lowest BCUT2D eigenvalue weighted by Gasteiger charge is -2.08. The van der Waals surface area contributed by atoms with E-state index in [1.807, 2.05) is 37.3 Å². The number of fused-ring (bicyclic) bond motifs is 1. The van der Waals surface area contributed by atoms with Gasteiger partial charge in [-0.2, -0.15) is 0 Å². The number of halogens is 1. The molecular formula is C16H16ClN3. The second-order valence-electron chi connectivity index (χ2n) is 4.86. The molecule has 0 spiro atoms. The van der Waals surface area contributed by atoms with Crippen molar-refractivity contribution < 1.29 is 0 Å². The number of nitrogens with two attached hydrogens (primary N) is 1. The number of aryl methyl sites for hydroxylation is 2. The summed E-state index contributed by atoms with van der Waals surface area (Å²) in [5.74, 6) is 0.929. The van der Waals surface area contributed by atoms with E-state index in [0.29, 0.717) is 0 Å². The summed E-state index contributed by atoms with van der Waals surface area (Å²) in [6.45, 7) is 4.92. The van der Waals surface area contributed by atoms with Gasteiger partial charge in [-0.1, -0.05) is 17.7 Å². The Kier molecular flexibility index (Phi) is 3.14. The first-order chi connectivity index (χ1) is 9.61. The molecule has 0 radical (unpaired) electrons. The van der Waals surface area contributed by atoms with Gasteiger partial charge in [0.2, 0.25) is 0 Å². The standard InChI is InChI=1S/C16H16ClN3/c1-3-20-15-12(17)5-4-6-14(15)19-16(20)11-7-8-13(18)10(2)9-11/h4-9H,3,18H2,1-2H3. The molecule has 20 heavy (non-hydrogen) atoms. The van der Waals surface area contributed by atoms with Gasteiger partial charge in [0, 0.05) is 17.8 Å². The molecule has 1 heterocycles. The molecule has 3 rings (SSSR count). The van der Waals surface area contributed by atoms with Gasteiger partial charge in [0.1, 0.15) is 5.82 Å². The van der Waals surface area contributed by atoms with Crippen LogP contribution in [0.15, 0.2) is 36.4 Å². The molecule has 3 aromatic rings. The molecule has 2 aromatic carbocycles. The van der Waals surface area contributed by atoms with Crippen LogP contribution in [0.4, 0.5) is 5.69 Å². The fraction of sp³-hybridized carbons (Fsp3) is 0.188. The number of nitrogens with zero attached hydrogens (tertiary/aromatic N) is 2. The first kappa shape index (κ1) is 13.0. The van der Waals surface area contributed by atoms with Gasteiger partial charge in [-0.25, -0.2) is 4.98 Å². The topological polar surface area (TPSA) is 43.8 Å². The fourth-order valence-corrected chi connectivity index (χ4v) is 2.76. The minimum Gasteiger partial charge on any atom is -0.399 e. The Labute approximate surface area is 123 Å². The molecule has 0 atom stereocenters. The molecule has 0 aliphatic rings. The highest BCUT2D eigenvalue weighted by molar-refractivity contribution is 6.35. The minimum atomic E-state index is 0.732. The van der Waals surface area contributed by atoms with Gasteiger partial charge in [0.25, 0.3) is 0 Å². The van der Waals surface area contributed by atoms with E-state index >= 15 is 0 Å². The molecule has 0 fully saturated rings. The largest absolute Gasteiger partial charge is 0.399 e. The van der Waals surface area contributed by atoms with Gasteiger partial charge in [0.05, 0.1) is 16.1 Å². The number of hydrogen-bond donors (Lipinski definition) is 1. The van der Waals surface area contributed by atoms with Gasteiger partial charge < -0.3 is 10.3 Å². The van der Waals surface area contributed by atoms with Crippen LogP contribution in [0.3, 0.4) is 0 Å². The van der Waals surface area contributed by atoms with Crippen molar-refractivity contribution in [1.29, 1.82) is 0 Å². The number of rotatable bonds is 2. The molecule has 0 bridgehead atoms. The molecule has 3 nitrogen and oxygen atoms in total. The lowest BCUT2D eigenvalue weighted by molar-refractivity contribution is 0.796. The SMILES string of the molecule is CCn1c(-c2ccc(N)c(C)c2)nc2cccc(Cl)c21. The van der Waals surface area contributed by atoms with Crippen LogP contribution >= 0.6 is 11.6 Å². The third-order valence-corrected chi connectivity index (χ3v) is 3.87. The Hall–Kier alpha value is -2.00. The third-order valence-electron chi connectivity index (χ3n) is 3.56. The number of aromatic nitrogens is 2. The first-order valence-electron chi connectivity index (χ1n) is 6.63. The molecule has 2 N–H and O–H groups in total. The molecule has 0 amide bonds. The molecule has 1 aromatic heterocycles. The molecule has 4 heteroatoms. The smallest absolute Gasteiger partial charge is 0.141 e. The van der Waals surface area contributed by atoms with Crippen LogP contribution in [0, 0.1) is 6.92 Å².